The topological polar surface area (TPSA) is 269 Å². The first-order valence-corrected chi connectivity index (χ1v) is 26.6. The Balaban J connectivity index is 1.85. The van der Waals surface area contributed by atoms with Crippen LogP contribution in [0.5, 0.6) is 0 Å². The summed E-state index contributed by atoms with van der Waals surface area (Å²) < 4.78 is 55.1. The Hall–Kier alpha value is -2.60. The van der Waals surface area contributed by atoms with Crippen LogP contribution in [0.1, 0.15) is 142 Å². The quantitative estimate of drug-likeness (QED) is 0.0103. The van der Waals surface area contributed by atoms with Crippen LogP contribution in [0.25, 0.3) is 0 Å². The molecule has 2 rings (SSSR count). The van der Waals surface area contributed by atoms with E-state index in [-0.39, 0.29) is 25.0 Å². The lowest BCUT2D eigenvalue weighted by molar-refractivity contribution is -0.216. The van der Waals surface area contributed by atoms with E-state index < -0.39 is 83.5 Å². The highest BCUT2D eigenvalue weighted by Gasteiger charge is 2.54. The second-order valence-electron chi connectivity index (χ2n) is 16.5. The summed E-state index contributed by atoms with van der Waals surface area (Å²) in [6, 6.07) is 0. The van der Waals surface area contributed by atoms with Crippen molar-refractivity contribution < 1.29 is 81.6 Å². The van der Waals surface area contributed by atoms with Crippen molar-refractivity contribution in [3.8, 4) is 0 Å². The van der Waals surface area contributed by atoms with Gasteiger partial charge in [-0.05, 0) is 89.9 Å². The first-order chi connectivity index (χ1) is 31.6. The maximum atomic E-state index is 13.0. The second kappa shape index (κ2) is 34.6. The van der Waals surface area contributed by atoms with E-state index in [9.17, 15) is 53.8 Å². The zero-order chi connectivity index (χ0) is 48.6. The van der Waals surface area contributed by atoms with E-state index in [1.165, 1.54) is 38.5 Å². The highest BCUT2D eigenvalue weighted by atomic mass is 31.2. The van der Waals surface area contributed by atoms with Gasteiger partial charge in [-0.15, -0.1) is 0 Å². The summed E-state index contributed by atoms with van der Waals surface area (Å²) in [7, 11) is -10.7. The highest BCUT2D eigenvalue weighted by Crippen LogP contribution is 2.49. The molecule has 17 nitrogen and oxygen atoms in total. The third-order valence-electron chi connectivity index (χ3n) is 10.7. The van der Waals surface area contributed by atoms with Crippen molar-refractivity contribution in [1.29, 1.82) is 0 Å². The molecule has 10 atom stereocenters. The first kappa shape index (κ1) is 59.5. The van der Waals surface area contributed by atoms with Crippen molar-refractivity contribution in [1.82, 2.24) is 0 Å². The molecule has 2 fully saturated rings. The van der Waals surface area contributed by atoms with E-state index in [1.807, 2.05) is 12.2 Å². The number of allylic oxidation sites excluding steroid dienone is 11. The van der Waals surface area contributed by atoms with Gasteiger partial charge in [-0.2, -0.15) is 0 Å². The smallest absolute Gasteiger partial charge is 0.462 e. The van der Waals surface area contributed by atoms with Gasteiger partial charge >= 0.3 is 27.6 Å². The average molecular weight is 977 g/mol. The number of rotatable bonds is 37. The zero-order valence-corrected chi connectivity index (χ0v) is 40.6. The Bertz CT molecular complexity index is 1620. The van der Waals surface area contributed by atoms with Gasteiger partial charge in [-0.1, -0.05) is 112 Å². The Morgan fingerprint density at radius 1 is 0.561 bits per heavy atom. The molecule has 0 aromatic carbocycles. The number of phosphoric acid groups is 2. The maximum absolute atomic E-state index is 13.0. The van der Waals surface area contributed by atoms with Gasteiger partial charge in [-0.25, -0.2) is 9.13 Å². The number of phosphoric ester groups is 2. The molecule has 7 unspecified atom stereocenters. The molecule has 0 aromatic rings. The van der Waals surface area contributed by atoms with E-state index in [0.717, 1.165) is 51.4 Å². The average Bonchev–Trinajstić information content (AvgIpc) is 4.03. The predicted molar refractivity (Wildman–Crippen MR) is 250 cm³/mol. The molecule has 66 heavy (non-hydrogen) atoms. The van der Waals surface area contributed by atoms with E-state index in [2.05, 4.69) is 79.1 Å². The first-order valence-electron chi connectivity index (χ1n) is 23.6. The van der Waals surface area contributed by atoms with Crippen molar-refractivity contribution in [2.75, 3.05) is 13.2 Å². The summed E-state index contributed by atoms with van der Waals surface area (Å²) in [5, 5.41) is 41.3. The minimum atomic E-state index is -5.38. The number of aliphatic hydroxyl groups is 4. The molecule has 1 saturated heterocycles. The maximum Gasteiger partial charge on any atom is 0.472 e. The number of hydrogen-bond donors (Lipinski definition) is 7. The van der Waals surface area contributed by atoms with Gasteiger partial charge in [0.15, 0.2) is 6.10 Å². The minimum Gasteiger partial charge on any atom is -0.462 e. The van der Waals surface area contributed by atoms with Crippen molar-refractivity contribution in [3.05, 3.63) is 72.9 Å². The number of aliphatic hydroxyl groups excluding tert-OH is 4. The number of ether oxygens (including phenoxy) is 3. The number of esters is 2. The van der Waals surface area contributed by atoms with Gasteiger partial charge in [0.05, 0.1) is 18.8 Å². The zero-order valence-electron chi connectivity index (χ0n) is 38.8. The van der Waals surface area contributed by atoms with Crippen molar-refractivity contribution >= 4 is 27.6 Å². The van der Waals surface area contributed by atoms with Gasteiger partial charge in [0.1, 0.15) is 43.2 Å². The summed E-state index contributed by atoms with van der Waals surface area (Å²) >= 11 is 0. The Morgan fingerprint density at radius 2 is 1.05 bits per heavy atom. The molecule has 378 valence electrons. The van der Waals surface area contributed by atoms with Crippen LogP contribution in [0.3, 0.4) is 0 Å². The van der Waals surface area contributed by atoms with Crippen LogP contribution in [0.2, 0.25) is 0 Å². The third kappa shape index (κ3) is 28.0. The lowest BCUT2D eigenvalue weighted by Gasteiger charge is -2.43. The summed E-state index contributed by atoms with van der Waals surface area (Å²) in [6.45, 7) is 2.94. The van der Waals surface area contributed by atoms with Gasteiger partial charge < -0.3 is 49.3 Å². The SMILES string of the molecule is CCCCC/C=C\C/C=C\C/C=C\CCCCC(=O)O[C@H](COC(=O)CCCC1OC1C/C=C\C/C=C\C/C=C\CCCCC)COP(=O)(O)O[C@H]1C(O)C(O)C(O)[C@@H](OP(=O)(O)O)C1O. The van der Waals surface area contributed by atoms with Crippen LogP contribution in [0, 0.1) is 0 Å². The molecule has 7 N–H and O–H groups in total. The van der Waals surface area contributed by atoms with Gasteiger partial charge in [0.2, 0.25) is 0 Å². The molecule has 0 aromatic heterocycles. The fourth-order valence-electron chi connectivity index (χ4n) is 6.88. The number of carbonyl (C=O) groups excluding carboxylic acids is 2. The largest absolute Gasteiger partial charge is 0.472 e. The van der Waals surface area contributed by atoms with Gasteiger partial charge in [0, 0.05) is 12.8 Å². The monoisotopic (exact) mass is 976 g/mol. The van der Waals surface area contributed by atoms with E-state index in [4.69, 9.17) is 23.3 Å². The summed E-state index contributed by atoms with van der Waals surface area (Å²) in [6.07, 6.45) is 27.4. The molecule has 0 amide bonds. The number of hydrogen-bond acceptors (Lipinski definition) is 14. The number of epoxide rings is 1. The van der Waals surface area contributed by atoms with E-state index in [1.54, 1.807) is 0 Å². The van der Waals surface area contributed by atoms with Crippen LogP contribution < -0.4 is 0 Å². The Labute approximate surface area is 391 Å². The fraction of sp³-hybridized carbons (Fsp3) is 0.702. The molecule has 1 heterocycles. The van der Waals surface area contributed by atoms with Crippen LogP contribution in [0.4, 0.5) is 0 Å². The van der Waals surface area contributed by atoms with Crippen molar-refractivity contribution in [2.24, 2.45) is 0 Å². The Kier molecular flexibility index (Phi) is 31.2. The summed E-state index contributed by atoms with van der Waals surface area (Å²) in [5.41, 5.74) is 0. The minimum absolute atomic E-state index is 0.0190. The summed E-state index contributed by atoms with van der Waals surface area (Å²) in [4.78, 5) is 54.4. The fourth-order valence-corrected chi connectivity index (χ4v) is 8.42. The molecule has 0 radical (unpaired) electrons. The molecular weight excluding hydrogens is 898 g/mol. The standard InChI is InChI=1S/C47H78O17P2/c1-3-5-7-9-11-13-15-17-18-19-21-23-25-27-29-33-41(49)61-37(36-60-66(57,58)64-47-44(52)42(50)43(51)46(45(47)53)63-65(54,55)56)35-59-40(48)34-30-32-39-38(62-39)31-28-26-24-22-20-16-14-12-10-8-6-4-2/h11-14,17-18,20-23,26,28,37-39,42-47,50-53H,3-10,15-16,19,24-25,27,29-36H2,1-2H3,(H,57,58)(H2,54,55,56)/b13-11-,14-12-,18-17-,22-20-,23-21-,28-26-/t37-,38?,39?,42?,43?,44?,45?,46-,47+/m1/s1. The van der Waals surface area contributed by atoms with Gasteiger partial charge in [-0.3, -0.25) is 23.2 Å². The molecule has 1 saturated carbocycles. The second-order valence-corrected chi connectivity index (χ2v) is 19.1. The molecule has 0 spiro atoms. The molecular formula is C47H78O17P2. The third-order valence-corrected chi connectivity index (χ3v) is 12.2. The van der Waals surface area contributed by atoms with Gasteiger partial charge in [0.25, 0.3) is 0 Å². The predicted octanol–water partition coefficient (Wildman–Crippen LogP) is 7.83. The van der Waals surface area contributed by atoms with E-state index in [0.29, 0.717) is 25.7 Å². The lowest BCUT2D eigenvalue weighted by atomic mass is 9.85. The molecule has 1 aliphatic heterocycles. The number of carbonyl (C=O) groups is 2. The molecule has 2 aliphatic rings. The number of unbranched alkanes of at least 4 members (excludes halogenated alkanes) is 8. The van der Waals surface area contributed by atoms with Crippen LogP contribution in [-0.4, -0.2) is 115 Å². The van der Waals surface area contributed by atoms with Crippen LogP contribution in [-0.2, 0) is 46.5 Å². The van der Waals surface area contributed by atoms with Crippen LogP contribution >= 0.6 is 15.6 Å². The van der Waals surface area contributed by atoms with E-state index >= 15 is 0 Å². The highest BCUT2D eigenvalue weighted by molar-refractivity contribution is 7.47. The Morgan fingerprint density at radius 3 is 1.58 bits per heavy atom. The normalized spacial score (nSPS) is 25.2. The lowest BCUT2D eigenvalue weighted by Crippen LogP contribution is -2.64. The summed E-state index contributed by atoms with van der Waals surface area (Å²) in [5.74, 6) is -1.33. The van der Waals surface area contributed by atoms with Crippen molar-refractivity contribution in [3.63, 3.8) is 0 Å². The molecule has 19 heteroatoms. The molecule has 1 aliphatic carbocycles. The van der Waals surface area contributed by atoms with Crippen molar-refractivity contribution in [2.45, 2.75) is 197 Å². The van der Waals surface area contributed by atoms with Crippen LogP contribution in [0.15, 0.2) is 72.9 Å². The molecule has 0 bridgehead atoms.